The summed E-state index contributed by atoms with van der Waals surface area (Å²) in [6.07, 6.45) is 19.1. The van der Waals surface area contributed by atoms with Crippen molar-refractivity contribution in [2.45, 2.75) is 0 Å². The van der Waals surface area contributed by atoms with Crippen LogP contribution in [-0.2, 0) is 0 Å². The third-order valence-electron chi connectivity index (χ3n) is 1.87. The lowest BCUT2D eigenvalue weighted by molar-refractivity contribution is 0.776. The van der Waals surface area contributed by atoms with E-state index in [1.807, 2.05) is 6.08 Å². The predicted octanol–water partition coefficient (Wildman–Crippen LogP) is 2.43. The Kier molecular flexibility index (Phi) is 1.13. The number of hydrogen-bond donors (Lipinski definition) is 0. The maximum absolute atomic E-state index is 2.19. The van der Waals surface area contributed by atoms with Crippen molar-refractivity contribution in [3.63, 3.8) is 0 Å². The molecule has 0 aliphatic heterocycles. The highest BCUT2D eigenvalue weighted by Crippen LogP contribution is 2.33. The fraction of sp³-hybridized carbons (Fsp3) is 0.100. The normalized spacial score (nSPS) is 24.8. The molecular weight excluding hydrogens is 120 g/mol. The van der Waals surface area contributed by atoms with Gasteiger partial charge in [-0.05, 0) is 0 Å². The summed E-state index contributed by atoms with van der Waals surface area (Å²) in [4.78, 5) is 0. The van der Waals surface area contributed by atoms with Gasteiger partial charge >= 0.3 is 0 Å². The second-order valence-electron chi connectivity index (χ2n) is 2.63. The van der Waals surface area contributed by atoms with E-state index < -0.39 is 0 Å². The fourth-order valence-corrected chi connectivity index (χ4v) is 1.29. The molecule has 1 radical (unpaired) electrons. The molecule has 0 saturated carbocycles. The first-order valence-corrected chi connectivity index (χ1v) is 3.49. The van der Waals surface area contributed by atoms with Crippen molar-refractivity contribution in [3.8, 4) is 0 Å². The lowest BCUT2D eigenvalue weighted by atomic mass is 9.83. The van der Waals surface area contributed by atoms with Crippen molar-refractivity contribution in [1.29, 1.82) is 0 Å². The van der Waals surface area contributed by atoms with Crippen molar-refractivity contribution in [1.82, 2.24) is 0 Å². The molecule has 1 spiro atoms. The van der Waals surface area contributed by atoms with Crippen molar-refractivity contribution in [3.05, 3.63) is 55.0 Å². The van der Waals surface area contributed by atoms with Gasteiger partial charge in [0.25, 0.3) is 0 Å². The molecule has 10 heavy (non-hydrogen) atoms. The van der Waals surface area contributed by atoms with Gasteiger partial charge in [0.1, 0.15) is 0 Å². The smallest absolute Gasteiger partial charge is 0.0320 e. The van der Waals surface area contributed by atoms with Gasteiger partial charge in [0, 0.05) is 11.8 Å². The van der Waals surface area contributed by atoms with Gasteiger partial charge in [-0.3, -0.25) is 0 Å². The second-order valence-corrected chi connectivity index (χ2v) is 2.63. The molecule has 0 saturated heterocycles. The summed E-state index contributed by atoms with van der Waals surface area (Å²) in [5, 5.41) is 0. The van der Waals surface area contributed by atoms with E-state index in [1.54, 1.807) is 0 Å². The van der Waals surface area contributed by atoms with E-state index >= 15 is 0 Å². The number of allylic oxidation sites excluding steroid dienone is 8. The Labute approximate surface area is 61.3 Å². The van der Waals surface area contributed by atoms with E-state index in [0.29, 0.717) is 0 Å². The zero-order valence-corrected chi connectivity index (χ0v) is 5.70. The minimum atomic E-state index is 0.120. The molecule has 2 rings (SSSR count). The Morgan fingerprint density at radius 2 is 1.20 bits per heavy atom. The quantitative estimate of drug-likeness (QED) is 0.471. The van der Waals surface area contributed by atoms with Gasteiger partial charge in [-0.2, -0.15) is 0 Å². The molecule has 0 aromatic heterocycles. The van der Waals surface area contributed by atoms with Crippen molar-refractivity contribution >= 4 is 0 Å². The average molecular weight is 129 g/mol. The molecule has 0 heterocycles. The summed E-state index contributed by atoms with van der Waals surface area (Å²) in [7, 11) is 0. The third kappa shape index (κ3) is 0.766. The highest BCUT2D eigenvalue weighted by Gasteiger charge is 2.21. The summed E-state index contributed by atoms with van der Waals surface area (Å²) in [6.45, 7) is 0. The zero-order chi connectivity index (χ0) is 6.86. The van der Waals surface area contributed by atoms with Crippen LogP contribution in [0.2, 0.25) is 0 Å². The molecule has 49 valence electrons. The first-order chi connectivity index (χ1) is 4.91. The Hall–Kier alpha value is -1.04. The molecular formula is C10H9. The van der Waals surface area contributed by atoms with Gasteiger partial charge in [-0.1, -0.05) is 48.6 Å². The second kappa shape index (κ2) is 1.98. The van der Waals surface area contributed by atoms with Crippen LogP contribution in [0.5, 0.6) is 0 Å². The maximum atomic E-state index is 2.19. The molecule has 0 aromatic carbocycles. The van der Waals surface area contributed by atoms with Crippen LogP contribution >= 0.6 is 0 Å². The van der Waals surface area contributed by atoms with Crippen LogP contribution in [-0.4, -0.2) is 0 Å². The molecule has 0 heteroatoms. The Bertz CT molecular complexity index is 227. The highest BCUT2D eigenvalue weighted by atomic mass is 14.2. The molecule has 0 fully saturated rings. The zero-order valence-electron chi connectivity index (χ0n) is 5.70. The van der Waals surface area contributed by atoms with E-state index in [-0.39, 0.29) is 5.41 Å². The van der Waals surface area contributed by atoms with Gasteiger partial charge in [0.2, 0.25) is 0 Å². The van der Waals surface area contributed by atoms with Crippen LogP contribution in [0.4, 0.5) is 0 Å². The Morgan fingerprint density at radius 1 is 0.600 bits per heavy atom. The summed E-state index contributed by atoms with van der Waals surface area (Å²) in [6, 6.07) is 0. The minimum absolute atomic E-state index is 0.120. The van der Waals surface area contributed by atoms with Crippen molar-refractivity contribution in [2.75, 3.05) is 0 Å². The van der Waals surface area contributed by atoms with Crippen molar-refractivity contribution < 1.29 is 0 Å². The van der Waals surface area contributed by atoms with Crippen LogP contribution in [0.3, 0.4) is 0 Å². The topological polar surface area (TPSA) is 0 Å². The van der Waals surface area contributed by atoms with E-state index in [9.17, 15) is 0 Å². The summed E-state index contributed by atoms with van der Waals surface area (Å²) in [5.41, 5.74) is 0.120. The van der Waals surface area contributed by atoms with Gasteiger partial charge in [0.05, 0.1) is 0 Å². The molecule has 0 nitrogen and oxygen atoms in total. The standard InChI is InChI=1S/C10H9/c1-2-6-10(7-3-1)8-4-5-9-10/h1-9H. The third-order valence-corrected chi connectivity index (χ3v) is 1.87. The van der Waals surface area contributed by atoms with Crippen LogP contribution in [0.15, 0.2) is 48.6 Å². The molecule has 0 atom stereocenters. The summed E-state index contributed by atoms with van der Waals surface area (Å²) < 4.78 is 0. The van der Waals surface area contributed by atoms with E-state index in [0.717, 1.165) is 0 Å². The minimum Gasteiger partial charge on any atom is -0.0793 e. The number of hydrogen-bond acceptors (Lipinski definition) is 0. The highest BCUT2D eigenvalue weighted by molar-refractivity contribution is 5.41. The van der Waals surface area contributed by atoms with E-state index in [2.05, 4.69) is 49.0 Å². The summed E-state index contributed by atoms with van der Waals surface area (Å²) >= 11 is 0. The van der Waals surface area contributed by atoms with Crippen LogP contribution in [0.1, 0.15) is 0 Å². The lowest BCUT2D eigenvalue weighted by Gasteiger charge is -2.20. The van der Waals surface area contributed by atoms with E-state index in [1.165, 1.54) is 0 Å². The summed E-state index contributed by atoms with van der Waals surface area (Å²) in [5.74, 6) is 0. The average Bonchev–Trinajstić information content (AvgIpc) is 2.39. The fourth-order valence-electron chi connectivity index (χ4n) is 1.29. The first-order valence-electron chi connectivity index (χ1n) is 3.49. The molecule has 0 amide bonds. The lowest BCUT2D eigenvalue weighted by Crippen LogP contribution is -2.10. The first kappa shape index (κ1) is 5.72. The van der Waals surface area contributed by atoms with Gasteiger partial charge in [-0.25, -0.2) is 0 Å². The number of rotatable bonds is 0. The predicted molar refractivity (Wildman–Crippen MR) is 43.3 cm³/mol. The SMILES string of the molecule is [CH]1C=CC=CC12C=CC=C2. The van der Waals surface area contributed by atoms with Gasteiger partial charge in [-0.15, -0.1) is 0 Å². The van der Waals surface area contributed by atoms with Crippen molar-refractivity contribution in [2.24, 2.45) is 5.41 Å². The molecule has 0 bridgehead atoms. The largest absolute Gasteiger partial charge is 0.0793 e. The van der Waals surface area contributed by atoms with E-state index in [4.69, 9.17) is 0 Å². The molecule has 0 aromatic rings. The maximum Gasteiger partial charge on any atom is 0.0320 e. The van der Waals surface area contributed by atoms with Crippen LogP contribution in [0, 0.1) is 11.8 Å². The Balaban J connectivity index is 2.32. The van der Waals surface area contributed by atoms with Gasteiger partial charge in [0.15, 0.2) is 0 Å². The van der Waals surface area contributed by atoms with Crippen LogP contribution in [0.25, 0.3) is 0 Å². The van der Waals surface area contributed by atoms with Gasteiger partial charge < -0.3 is 0 Å². The Morgan fingerprint density at radius 3 is 1.80 bits per heavy atom. The molecule has 0 N–H and O–H groups in total. The van der Waals surface area contributed by atoms with Crippen LogP contribution < -0.4 is 0 Å². The molecule has 2 aliphatic rings. The molecule has 2 aliphatic carbocycles. The molecule has 0 unspecified atom stereocenters. The monoisotopic (exact) mass is 129 g/mol.